The minimum absolute atomic E-state index is 0.0739. The number of carboxylic acid groups (broad SMARTS) is 1. The van der Waals surface area contributed by atoms with Gasteiger partial charge in [0, 0.05) is 0 Å². The van der Waals surface area contributed by atoms with Crippen molar-refractivity contribution in [2.24, 2.45) is 4.99 Å². The van der Waals surface area contributed by atoms with Crippen molar-refractivity contribution in [1.29, 1.82) is 0 Å². The summed E-state index contributed by atoms with van der Waals surface area (Å²) in [5.74, 6) is -1.13. The van der Waals surface area contributed by atoms with Gasteiger partial charge in [-0.3, -0.25) is 9.59 Å². The van der Waals surface area contributed by atoms with E-state index in [1.54, 1.807) is 0 Å². The number of hydrogen-bond acceptors (Lipinski definition) is 4. The van der Waals surface area contributed by atoms with Crippen LogP contribution in [0.2, 0.25) is 0 Å². The molecule has 0 saturated carbocycles. The molecular weight excluding hydrogens is 192 g/mol. The number of carbonyl (C=O) groups excluding carboxylic acids is 1. The number of thioether (sulfide) groups is 1. The van der Waals surface area contributed by atoms with Gasteiger partial charge in [-0.1, -0.05) is 18.7 Å². The van der Waals surface area contributed by atoms with E-state index in [2.05, 4.69) is 10.3 Å². The summed E-state index contributed by atoms with van der Waals surface area (Å²) in [6.45, 7) is 1.86. The van der Waals surface area contributed by atoms with E-state index < -0.39 is 5.97 Å². The van der Waals surface area contributed by atoms with Gasteiger partial charge in [0.05, 0.1) is 5.75 Å². The minimum Gasteiger partial charge on any atom is -0.481 e. The van der Waals surface area contributed by atoms with Crippen LogP contribution in [0.5, 0.6) is 0 Å². The molecule has 2 N–H and O–H groups in total. The molecule has 1 aliphatic rings. The van der Waals surface area contributed by atoms with E-state index in [0.29, 0.717) is 11.6 Å². The Balaban J connectivity index is 2.45. The van der Waals surface area contributed by atoms with Gasteiger partial charge in [-0.05, 0) is 6.42 Å². The summed E-state index contributed by atoms with van der Waals surface area (Å²) in [6, 6.07) is -0.337. The summed E-state index contributed by atoms with van der Waals surface area (Å²) in [7, 11) is 0. The van der Waals surface area contributed by atoms with Crippen molar-refractivity contribution in [3.63, 3.8) is 0 Å². The molecule has 0 bridgehead atoms. The number of aliphatic carboxylic acids is 1. The highest BCUT2D eigenvalue weighted by atomic mass is 32.2. The van der Waals surface area contributed by atoms with Crippen molar-refractivity contribution < 1.29 is 14.7 Å². The van der Waals surface area contributed by atoms with Gasteiger partial charge in [-0.15, -0.1) is 0 Å². The van der Waals surface area contributed by atoms with E-state index in [1.807, 2.05) is 6.92 Å². The highest BCUT2D eigenvalue weighted by molar-refractivity contribution is 8.14. The molecule has 13 heavy (non-hydrogen) atoms. The lowest BCUT2D eigenvalue weighted by Gasteiger charge is -1.96. The maximum absolute atomic E-state index is 11.1. The zero-order valence-corrected chi connectivity index (χ0v) is 7.93. The molecule has 1 heterocycles. The number of amidine groups is 1. The number of nitrogens with one attached hydrogen (secondary N) is 1. The maximum atomic E-state index is 11.1. The summed E-state index contributed by atoms with van der Waals surface area (Å²) in [5, 5.41) is 11.3. The van der Waals surface area contributed by atoms with Crippen LogP contribution >= 0.6 is 11.8 Å². The number of hydrogen-bond donors (Lipinski definition) is 2. The second-order valence-electron chi connectivity index (χ2n) is 2.53. The Bertz CT molecular complexity index is 264. The Hall–Kier alpha value is -1.04. The van der Waals surface area contributed by atoms with Crippen LogP contribution in [0.4, 0.5) is 0 Å². The minimum atomic E-state index is -0.915. The summed E-state index contributed by atoms with van der Waals surface area (Å²) in [5.41, 5.74) is 0. The molecule has 1 atom stereocenters. The smallest absolute Gasteiger partial charge is 0.313 e. The summed E-state index contributed by atoms with van der Waals surface area (Å²) in [4.78, 5) is 25.3. The summed E-state index contributed by atoms with van der Waals surface area (Å²) < 4.78 is 0. The highest BCUT2D eigenvalue weighted by Crippen LogP contribution is 2.12. The van der Waals surface area contributed by atoms with E-state index in [4.69, 9.17) is 5.11 Å². The number of amides is 1. The second-order valence-corrected chi connectivity index (χ2v) is 3.49. The van der Waals surface area contributed by atoms with Crippen LogP contribution < -0.4 is 5.32 Å². The second kappa shape index (κ2) is 4.27. The predicted molar refractivity (Wildman–Crippen MR) is 49.8 cm³/mol. The molecule has 0 aromatic carbocycles. The monoisotopic (exact) mass is 202 g/mol. The van der Waals surface area contributed by atoms with Crippen molar-refractivity contribution in [1.82, 2.24) is 5.32 Å². The van der Waals surface area contributed by atoms with Gasteiger partial charge in [0.2, 0.25) is 0 Å². The highest BCUT2D eigenvalue weighted by Gasteiger charge is 2.24. The van der Waals surface area contributed by atoms with Gasteiger partial charge in [0.15, 0.2) is 5.17 Å². The molecule has 0 fully saturated rings. The van der Waals surface area contributed by atoms with Gasteiger partial charge in [0.1, 0.15) is 6.04 Å². The number of rotatable bonds is 3. The van der Waals surface area contributed by atoms with Crippen LogP contribution in [0.3, 0.4) is 0 Å². The topological polar surface area (TPSA) is 78.8 Å². The van der Waals surface area contributed by atoms with Crippen molar-refractivity contribution in [3.05, 3.63) is 0 Å². The van der Waals surface area contributed by atoms with Crippen LogP contribution in [0.25, 0.3) is 0 Å². The molecule has 5 nitrogen and oxygen atoms in total. The number of carboxylic acids is 1. The zero-order valence-electron chi connectivity index (χ0n) is 7.11. The van der Waals surface area contributed by atoms with Crippen LogP contribution in [0.15, 0.2) is 4.99 Å². The van der Waals surface area contributed by atoms with Gasteiger partial charge < -0.3 is 10.4 Å². The molecule has 1 aliphatic heterocycles. The van der Waals surface area contributed by atoms with Gasteiger partial charge >= 0.3 is 5.97 Å². The van der Waals surface area contributed by atoms with Crippen molar-refractivity contribution >= 4 is 28.8 Å². The van der Waals surface area contributed by atoms with Gasteiger partial charge in [-0.2, -0.15) is 0 Å². The Morgan fingerprint density at radius 3 is 2.92 bits per heavy atom. The fourth-order valence-corrected chi connectivity index (χ4v) is 1.54. The Labute approximate surface area is 79.6 Å². The van der Waals surface area contributed by atoms with Crippen LogP contribution in [0.1, 0.15) is 13.3 Å². The molecule has 0 spiro atoms. The molecule has 0 aliphatic carbocycles. The first-order valence-corrected chi connectivity index (χ1v) is 4.85. The lowest BCUT2D eigenvalue weighted by atomic mass is 10.2. The Kier molecular flexibility index (Phi) is 3.30. The first-order valence-electron chi connectivity index (χ1n) is 3.86. The largest absolute Gasteiger partial charge is 0.481 e. The Morgan fingerprint density at radius 1 is 1.77 bits per heavy atom. The average molecular weight is 202 g/mol. The van der Waals surface area contributed by atoms with Crippen molar-refractivity contribution in [3.8, 4) is 0 Å². The summed E-state index contributed by atoms with van der Waals surface area (Å²) >= 11 is 1.03. The molecule has 1 amide bonds. The van der Waals surface area contributed by atoms with E-state index in [9.17, 15) is 9.59 Å². The molecule has 0 radical (unpaired) electrons. The van der Waals surface area contributed by atoms with E-state index in [-0.39, 0.29) is 17.7 Å². The van der Waals surface area contributed by atoms with E-state index in [1.165, 1.54) is 0 Å². The third-order valence-corrected chi connectivity index (χ3v) is 2.40. The van der Waals surface area contributed by atoms with Crippen molar-refractivity contribution in [2.75, 3.05) is 5.75 Å². The van der Waals surface area contributed by atoms with Crippen LogP contribution in [0, 0.1) is 0 Å². The summed E-state index contributed by atoms with van der Waals surface area (Å²) in [6.07, 6.45) is 0.642. The third-order valence-electron chi connectivity index (χ3n) is 1.52. The maximum Gasteiger partial charge on any atom is 0.313 e. The molecule has 0 saturated heterocycles. The molecule has 0 aromatic rings. The molecule has 1 unspecified atom stereocenters. The fraction of sp³-hybridized carbons (Fsp3) is 0.571. The quantitative estimate of drug-likeness (QED) is 0.678. The number of aliphatic imine (C=N–C) groups is 1. The molecule has 72 valence electrons. The van der Waals surface area contributed by atoms with Gasteiger partial charge in [0.25, 0.3) is 5.91 Å². The lowest BCUT2D eigenvalue weighted by molar-refractivity contribution is -0.133. The average Bonchev–Trinajstić information content (AvgIpc) is 2.43. The first kappa shape index (κ1) is 10.0. The number of carbonyl (C=O) groups is 2. The predicted octanol–water partition coefficient (Wildman–Crippen LogP) is 0.0686. The molecule has 1 rings (SSSR count). The van der Waals surface area contributed by atoms with Crippen LogP contribution in [-0.2, 0) is 9.59 Å². The fourth-order valence-electron chi connectivity index (χ4n) is 0.901. The number of nitrogens with zero attached hydrogens (tertiary/aromatic N) is 1. The van der Waals surface area contributed by atoms with Gasteiger partial charge in [-0.25, -0.2) is 4.99 Å². The standard InChI is InChI=1S/C7H10N2O3S/c1-2-4-6(12)9-7(8-4)13-3-5(10)11/h4H,2-3H2,1H3,(H,10,11)(H,8,9,12). The van der Waals surface area contributed by atoms with Crippen molar-refractivity contribution in [2.45, 2.75) is 19.4 Å². The van der Waals surface area contributed by atoms with E-state index >= 15 is 0 Å². The van der Waals surface area contributed by atoms with E-state index in [0.717, 1.165) is 11.8 Å². The normalized spacial score (nSPS) is 21.2. The SMILES string of the molecule is CCC1N=C(SCC(=O)O)NC1=O. The zero-order chi connectivity index (χ0) is 9.84. The molecular formula is C7H10N2O3S. The lowest BCUT2D eigenvalue weighted by Crippen LogP contribution is -2.27. The third kappa shape index (κ3) is 2.73. The van der Waals surface area contributed by atoms with Crippen LogP contribution in [-0.4, -0.2) is 33.9 Å². The first-order chi connectivity index (χ1) is 6.13. The Morgan fingerprint density at radius 2 is 2.46 bits per heavy atom. The molecule has 0 aromatic heterocycles. The molecule has 6 heteroatoms.